The van der Waals surface area contributed by atoms with E-state index in [9.17, 15) is 25.9 Å². The maximum atomic E-state index is 11.7. The van der Waals surface area contributed by atoms with Gasteiger partial charge in [-0.3, -0.25) is 9.11 Å². The quantitative estimate of drug-likeness (QED) is 0.687. The average Bonchev–Trinajstić information content (AvgIpc) is 2.37. The summed E-state index contributed by atoms with van der Waals surface area (Å²) in [6.45, 7) is 6.25. The number of rotatable bonds is 3. The lowest BCUT2D eigenvalue weighted by atomic mass is 9.89. The Bertz CT molecular complexity index is 1040. The van der Waals surface area contributed by atoms with E-state index in [1.165, 1.54) is 26.0 Å². The smallest absolute Gasteiger partial charge is 0.282 e. The van der Waals surface area contributed by atoms with Crippen LogP contribution in [-0.2, 0) is 20.2 Å². The summed E-state index contributed by atoms with van der Waals surface area (Å²) < 4.78 is 66.0. The van der Waals surface area contributed by atoms with Crippen LogP contribution in [0.3, 0.4) is 0 Å². The molecule has 2 N–H and O–H groups in total. The summed E-state index contributed by atoms with van der Waals surface area (Å²) in [6, 6.07) is 2.74. The molecule has 0 saturated heterocycles. The number of benzene rings is 2. The Balaban J connectivity index is 3.09. The zero-order chi connectivity index (χ0) is 20.2. The molecule has 0 saturated carbocycles. The number of hydrogen-bond acceptors (Lipinski definition) is 4. The average molecular weight is 439 g/mol. The first-order valence-electron chi connectivity index (χ1n) is 7.22. The SMILES string of the molecule is Cc1cc(Cl)c(S(=O)(=O)O)c(C)c1-c1c(C)cc(Cl)c(S(=O)(=O)O)c1C. The Morgan fingerprint density at radius 3 is 1.19 bits per heavy atom. The first-order valence-corrected chi connectivity index (χ1v) is 10.9. The molecule has 0 fully saturated rings. The van der Waals surface area contributed by atoms with Gasteiger partial charge in [0.2, 0.25) is 0 Å². The van der Waals surface area contributed by atoms with Crippen LogP contribution in [0.4, 0.5) is 0 Å². The molecule has 0 bridgehead atoms. The third-order valence-corrected chi connectivity index (χ3v) is 7.01. The fourth-order valence-corrected chi connectivity index (χ4v) is 6.02. The highest BCUT2D eigenvalue weighted by molar-refractivity contribution is 7.86. The lowest BCUT2D eigenvalue weighted by Gasteiger charge is -2.20. The summed E-state index contributed by atoms with van der Waals surface area (Å²) in [5, 5.41) is -0.295. The minimum atomic E-state index is -4.61. The molecule has 0 aliphatic carbocycles. The van der Waals surface area contributed by atoms with Crippen molar-refractivity contribution in [3.8, 4) is 11.1 Å². The van der Waals surface area contributed by atoms with Crippen LogP contribution in [0, 0.1) is 27.7 Å². The van der Waals surface area contributed by atoms with Crippen molar-refractivity contribution >= 4 is 43.4 Å². The Hall–Kier alpha value is -1.16. The Kier molecular flexibility index (Phi) is 5.51. The number of hydrogen-bond donors (Lipinski definition) is 2. The van der Waals surface area contributed by atoms with Crippen LogP contribution >= 0.6 is 23.2 Å². The van der Waals surface area contributed by atoms with Gasteiger partial charge in [-0.05, 0) is 73.2 Å². The van der Waals surface area contributed by atoms with Gasteiger partial charge in [-0.25, -0.2) is 0 Å². The largest absolute Gasteiger partial charge is 0.296 e. The standard InChI is InChI=1S/C16H16Cl2O6S2/c1-7-5-11(17)15(25(19,20)21)9(3)13(7)14-8(2)6-12(18)16(10(14)4)26(22,23)24/h5-6H,1-4H3,(H,19,20,21)(H,22,23,24). The van der Waals surface area contributed by atoms with Crippen molar-refractivity contribution in [1.29, 1.82) is 0 Å². The highest BCUT2D eigenvalue weighted by Gasteiger charge is 2.27. The summed E-state index contributed by atoms with van der Waals surface area (Å²) in [5.41, 5.74) is 2.22. The van der Waals surface area contributed by atoms with Gasteiger partial charge in [0.1, 0.15) is 9.79 Å². The van der Waals surface area contributed by atoms with Gasteiger partial charge in [0.05, 0.1) is 10.0 Å². The molecule has 6 nitrogen and oxygen atoms in total. The lowest BCUT2D eigenvalue weighted by molar-refractivity contribution is 0.480. The van der Waals surface area contributed by atoms with E-state index in [0.717, 1.165) is 0 Å². The second-order valence-electron chi connectivity index (χ2n) is 5.96. The van der Waals surface area contributed by atoms with Crippen LogP contribution in [0.5, 0.6) is 0 Å². The molecule has 0 atom stereocenters. The zero-order valence-corrected chi connectivity index (χ0v) is 17.4. The fraction of sp³-hybridized carbons (Fsp3) is 0.250. The molecule has 0 aliphatic heterocycles. The van der Waals surface area contributed by atoms with E-state index >= 15 is 0 Å². The van der Waals surface area contributed by atoms with Crippen molar-refractivity contribution in [2.24, 2.45) is 0 Å². The summed E-state index contributed by atoms with van der Waals surface area (Å²) >= 11 is 12.0. The minimum Gasteiger partial charge on any atom is -0.282 e. The van der Waals surface area contributed by atoms with Crippen LogP contribution in [0.15, 0.2) is 21.9 Å². The van der Waals surface area contributed by atoms with Crippen molar-refractivity contribution in [1.82, 2.24) is 0 Å². The molecule has 2 aromatic rings. The van der Waals surface area contributed by atoms with Gasteiger partial charge in [0, 0.05) is 0 Å². The molecule has 142 valence electrons. The van der Waals surface area contributed by atoms with Gasteiger partial charge in [-0.2, -0.15) is 16.8 Å². The number of aryl methyl sites for hydroxylation is 2. The molecule has 0 amide bonds. The predicted molar refractivity (Wildman–Crippen MR) is 100 cm³/mol. The molecule has 0 radical (unpaired) electrons. The van der Waals surface area contributed by atoms with E-state index < -0.39 is 30.0 Å². The predicted octanol–water partition coefficient (Wildman–Crippen LogP) is 4.39. The van der Waals surface area contributed by atoms with Gasteiger partial charge in [0.25, 0.3) is 20.2 Å². The van der Waals surface area contributed by atoms with Gasteiger partial charge in [-0.1, -0.05) is 23.2 Å². The normalized spacial score (nSPS) is 12.5. The van der Waals surface area contributed by atoms with Crippen molar-refractivity contribution < 1.29 is 25.9 Å². The fourth-order valence-electron chi connectivity index (χ4n) is 3.24. The molecule has 0 unspecified atom stereocenters. The highest BCUT2D eigenvalue weighted by Crippen LogP contribution is 2.42. The molecular formula is C16H16Cl2O6S2. The van der Waals surface area contributed by atoms with Crippen LogP contribution in [-0.4, -0.2) is 25.9 Å². The Morgan fingerprint density at radius 1 is 0.692 bits per heavy atom. The third kappa shape index (κ3) is 3.62. The molecule has 2 rings (SSSR count). The van der Waals surface area contributed by atoms with Crippen LogP contribution in [0.2, 0.25) is 10.0 Å². The second kappa shape index (κ2) is 6.78. The van der Waals surface area contributed by atoms with Crippen LogP contribution in [0.25, 0.3) is 11.1 Å². The molecule has 0 heterocycles. The molecule has 0 aromatic heterocycles. The highest BCUT2D eigenvalue weighted by atomic mass is 35.5. The second-order valence-corrected chi connectivity index (χ2v) is 9.49. The Morgan fingerprint density at radius 2 is 0.962 bits per heavy atom. The first kappa shape index (κ1) is 21.1. The summed E-state index contributed by atoms with van der Waals surface area (Å²) in [5.74, 6) is 0. The van der Waals surface area contributed by atoms with Crippen LogP contribution in [0.1, 0.15) is 22.3 Å². The first-order chi connectivity index (χ1) is 11.7. The number of halogens is 2. The van der Waals surface area contributed by atoms with E-state index in [4.69, 9.17) is 23.2 Å². The molecular weight excluding hydrogens is 423 g/mol. The van der Waals surface area contributed by atoms with Crippen molar-refractivity contribution in [2.75, 3.05) is 0 Å². The summed E-state index contributed by atoms with van der Waals surface area (Å²) in [7, 11) is -9.22. The maximum Gasteiger partial charge on any atom is 0.296 e. The summed E-state index contributed by atoms with van der Waals surface area (Å²) in [4.78, 5) is -0.913. The van der Waals surface area contributed by atoms with E-state index in [2.05, 4.69) is 0 Å². The van der Waals surface area contributed by atoms with E-state index in [0.29, 0.717) is 22.3 Å². The Labute approximate surface area is 162 Å². The molecule has 0 spiro atoms. The molecule has 26 heavy (non-hydrogen) atoms. The topological polar surface area (TPSA) is 109 Å². The maximum absolute atomic E-state index is 11.7. The van der Waals surface area contributed by atoms with Gasteiger partial charge in [-0.15, -0.1) is 0 Å². The zero-order valence-electron chi connectivity index (χ0n) is 14.3. The monoisotopic (exact) mass is 438 g/mol. The van der Waals surface area contributed by atoms with Crippen LogP contribution < -0.4 is 0 Å². The van der Waals surface area contributed by atoms with Gasteiger partial charge in [0.15, 0.2) is 0 Å². The molecule has 0 aliphatic rings. The van der Waals surface area contributed by atoms with Gasteiger partial charge >= 0.3 is 0 Å². The lowest BCUT2D eigenvalue weighted by Crippen LogP contribution is -2.08. The molecule has 2 aromatic carbocycles. The molecule has 10 heteroatoms. The van der Waals surface area contributed by atoms with Crippen molar-refractivity contribution in [2.45, 2.75) is 37.5 Å². The van der Waals surface area contributed by atoms with E-state index in [1.54, 1.807) is 13.8 Å². The van der Waals surface area contributed by atoms with E-state index in [-0.39, 0.29) is 21.2 Å². The van der Waals surface area contributed by atoms with Crippen molar-refractivity contribution in [3.63, 3.8) is 0 Å². The third-order valence-electron chi connectivity index (χ3n) is 4.11. The van der Waals surface area contributed by atoms with E-state index in [1.807, 2.05) is 0 Å². The van der Waals surface area contributed by atoms with Gasteiger partial charge < -0.3 is 0 Å². The minimum absolute atomic E-state index is 0.148. The summed E-state index contributed by atoms with van der Waals surface area (Å²) in [6.07, 6.45) is 0. The van der Waals surface area contributed by atoms with Crippen molar-refractivity contribution in [3.05, 3.63) is 44.4 Å².